The average Bonchev–Trinajstić information content (AvgIpc) is 2.92. The zero-order valence-electron chi connectivity index (χ0n) is 11.0. The molecule has 0 atom stereocenters. The summed E-state index contributed by atoms with van der Waals surface area (Å²) in [7, 11) is 2.83. The number of nitrogens with zero attached hydrogens (tertiary/aromatic N) is 4. The van der Waals surface area contributed by atoms with Crippen molar-refractivity contribution in [2.24, 2.45) is 14.1 Å². The van der Waals surface area contributed by atoms with E-state index in [0.29, 0.717) is 0 Å². The van der Waals surface area contributed by atoms with Gasteiger partial charge in [0.05, 0.1) is 6.54 Å². The van der Waals surface area contributed by atoms with Gasteiger partial charge in [0.25, 0.3) is 5.56 Å². The SMILES string of the molecule is Cn1nc(NCC(=O)N2CCCC2)c(=O)n(C)c1=O. The molecule has 1 fully saturated rings. The minimum Gasteiger partial charge on any atom is -0.355 e. The standard InChI is InChI=1S/C11H17N5O3/c1-14-10(18)9(13-15(2)11(14)19)12-7-8(17)16-5-3-4-6-16/h3-7H2,1-2H3,(H,12,13). The maximum Gasteiger partial charge on any atom is 0.346 e. The lowest BCUT2D eigenvalue weighted by Gasteiger charge is -2.15. The summed E-state index contributed by atoms with van der Waals surface area (Å²) in [6.07, 6.45) is 2.04. The van der Waals surface area contributed by atoms with Crippen molar-refractivity contribution in [1.82, 2.24) is 19.2 Å². The molecule has 0 aromatic carbocycles. The maximum atomic E-state index is 11.8. The summed E-state index contributed by atoms with van der Waals surface area (Å²) in [5.74, 6) is -0.0487. The van der Waals surface area contributed by atoms with E-state index in [-0.39, 0.29) is 18.3 Å². The highest BCUT2D eigenvalue weighted by Gasteiger charge is 2.18. The third-order valence-corrected chi connectivity index (χ3v) is 3.19. The van der Waals surface area contributed by atoms with E-state index in [1.54, 1.807) is 4.90 Å². The number of aromatic nitrogens is 3. The van der Waals surface area contributed by atoms with Crippen molar-refractivity contribution in [3.8, 4) is 0 Å². The van der Waals surface area contributed by atoms with Crippen molar-refractivity contribution in [3.05, 3.63) is 20.8 Å². The van der Waals surface area contributed by atoms with Gasteiger partial charge >= 0.3 is 5.69 Å². The van der Waals surface area contributed by atoms with Crippen LogP contribution in [-0.2, 0) is 18.9 Å². The molecule has 1 aliphatic heterocycles. The Bertz CT molecular complexity index is 597. The third-order valence-electron chi connectivity index (χ3n) is 3.19. The van der Waals surface area contributed by atoms with Crippen molar-refractivity contribution < 1.29 is 4.79 Å². The van der Waals surface area contributed by atoms with E-state index in [4.69, 9.17) is 0 Å². The number of likely N-dealkylation sites (tertiary alicyclic amines) is 1. The first-order valence-corrected chi connectivity index (χ1v) is 6.16. The molecule has 8 heteroatoms. The van der Waals surface area contributed by atoms with E-state index >= 15 is 0 Å². The predicted octanol–water partition coefficient (Wildman–Crippen LogP) is -1.49. The van der Waals surface area contributed by atoms with Crippen LogP contribution in [0.2, 0.25) is 0 Å². The molecule has 0 radical (unpaired) electrons. The third kappa shape index (κ3) is 2.67. The fourth-order valence-electron chi connectivity index (χ4n) is 2.05. The van der Waals surface area contributed by atoms with Gasteiger partial charge in [-0.05, 0) is 12.8 Å². The number of carbonyl (C=O) groups is 1. The molecule has 1 aromatic rings. The largest absolute Gasteiger partial charge is 0.355 e. The average molecular weight is 267 g/mol. The normalized spacial score (nSPS) is 14.7. The van der Waals surface area contributed by atoms with Crippen molar-refractivity contribution >= 4 is 11.7 Å². The molecule has 8 nitrogen and oxygen atoms in total. The van der Waals surface area contributed by atoms with Gasteiger partial charge < -0.3 is 10.2 Å². The number of hydrogen-bond acceptors (Lipinski definition) is 5. The molecule has 0 aliphatic carbocycles. The Hall–Kier alpha value is -2.12. The zero-order valence-corrected chi connectivity index (χ0v) is 11.0. The van der Waals surface area contributed by atoms with Crippen LogP contribution in [0.25, 0.3) is 0 Å². The van der Waals surface area contributed by atoms with Crippen LogP contribution in [-0.4, -0.2) is 44.8 Å². The van der Waals surface area contributed by atoms with Crippen LogP contribution in [0.1, 0.15) is 12.8 Å². The molecule has 104 valence electrons. The molecule has 1 saturated heterocycles. The van der Waals surface area contributed by atoms with Crippen LogP contribution in [0.3, 0.4) is 0 Å². The molecule has 0 bridgehead atoms. The fraction of sp³-hybridized carbons (Fsp3) is 0.636. The van der Waals surface area contributed by atoms with Gasteiger partial charge in [-0.15, -0.1) is 5.10 Å². The minimum atomic E-state index is -0.530. The lowest BCUT2D eigenvalue weighted by molar-refractivity contribution is -0.128. The summed E-state index contributed by atoms with van der Waals surface area (Å²) in [6, 6.07) is 0. The number of amides is 1. The Morgan fingerprint density at radius 1 is 1.26 bits per heavy atom. The molecule has 19 heavy (non-hydrogen) atoms. The zero-order chi connectivity index (χ0) is 14.0. The van der Waals surface area contributed by atoms with E-state index in [0.717, 1.165) is 35.2 Å². The van der Waals surface area contributed by atoms with Crippen molar-refractivity contribution in [1.29, 1.82) is 0 Å². The smallest absolute Gasteiger partial charge is 0.346 e. The number of hydrogen-bond donors (Lipinski definition) is 1. The molecule has 2 rings (SSSR count). The number of aryl methyl sites for hydroxylation is 1. The molecule has 0 spiro atoms. The Morgan fingerprint density at radius 3 is 2.53 bits per heavy atom. The van der Waals surface area contributed by atoms with Crippen molar-refractivity contribution in [3.63, 3.8) is 0 Å². The first-order valence-electron chi connectivity index (χ1n) is 6.16. The lowest BCUT2D eigenvalue weighted by atomic mass is 10.4. The fourth-order valence-corrected chi connectivity index (χ4v) is 2.05. The van der Waals surface area contributed by atoms with Crippen LogP contribution < -0.4 is 16.6 Å². The van der Waals surface area contributed by atoms with E-state index in [1.807, 2.05) is 0 Å². The first-order chi connectivity index (χ1) is 9.00. The molecule has 1 aliphatic rings. The van der Waals surface area contributed by atoms with Gasteiger partial charge in [0.2, 0.25) is 11.7 Å². The minimum absolute atomic E-state index is 0.0112. The summed E-state index contributed by atoms with van der Waals surface area (Å²) < 4.78 is 2.01. The van der Waals surface area contributed by atoms with Gasteiger partial charge in [0.15, 0.2) is 0 Å². The molecule has 0 saturated carbocycles. The number of rotatable bonds is 3. The van der Waals surface area contributed by atoms with Gasteiger partial charge in [-0.1, -0.05) is 0 Å². The summed E-state index contributed by atoms with van der Waals surface area (Å²) in [4.78, 5) is 36.8. The highest BCUT2D eigenvalue weighted by Crippen LogP contribution is 2.07. The van der Waals surface area contributed by atoms with Crippen molar-refractivity contribution in [2.75, 3.05) is 25.0 Å². The van der Waals surface area contributed by atoms with E-state index in [9.17, 15) is 14.4 Å². The summed E-state index contributed by atoms with van der Waals surface area (Å²) in [6.45, 7) is 1.54. The molecule has 0 unspecified atom stereocenters. The number of carbonyl (C=O) groups excluding carboxylic acids is 1. The Morgan fingerprint density at radius 2 is 1.89 bits per heavy atom. The molecule has 2 heterocycles. The quantitative estimate of drug-likeness (QED) is 0.721. The Balaban J connectivity index is 2.10. The van der Waals surface area contributed by atoms with Crippen molar-refractivity contribution in [2.45, 2.75) is 12.8 Å². The Kier molecular flexibility index (Phi) is 3.68. The molecular formula is C11H17N5O3. The van der Waals surface area contributed by atoms with Crippen LogP contribution >= 0.6 is 0 Å². The van der Waals surface area contributed by atoms with Crippen LogP contribution in [0.5, 0.6) is 0 Å². The van der Waals surface area contributed by atoms with Gasteiger partial charge in [0.1, 0.15) is 0 Å². The van der Waals surface area contributed by atoms with Gasteiger partial charge in [-0.3, -0.25) is 14.2 Å². The van der Waals surface area contributed by atoms with Crippen LogP contribution in [0.4, 0.5) is 5.82 Å². The maximum absolute atomic E-state index is 11.8. The summed E-state index contributed by atoms with van der Waals surface area (Å²) in [5, 5.41) is 6.52. The summed E-state index contributed by atoms with van der Waals surface area (Å²) >= 11 is 0. The monoisotopic (exact) mass is 267 g/mol. The Labute approximate surface area is 109 Å². The second-order valence-electron chi connectivity index (χ2n) is 4.56. The second kappa shape index (κ2) is 5.25. The van der Waals surface area contributed by atoms with Gasteiger partial charge in [0, 0.05) is 27.2 Å². The van der Waals surface area contributed by atoms with E-state index < -0.39 is 11.2 Å². The molecule has 1 aromatic heterocycles. The molecular weight excluding hydrogens is 250 g/mol. The number of nitrogens with one attached hydrogen (secondary N) is 1. The van der Waals surface area contributed by atoms with E-state index in [1.165, 1.54) is 14.1 Å². The molecule has 1 amide bonds. The van der Waals surface area contributed by atoms with E-state index in [2.05, 4.69) is 10.4 Å². The number of anilines is 1. The lowest BCUT2D eigenvalue weighted by Crippen LogP contribution is -2.41. The topological polar surface area (TPSA) is 89.2 Å². The van der Waals surface area contributed by atoms with Gasteiger partial charge in [-0.2, -0.15) is 0 Å². The first kappa shape index (κ1) is 13.3. The van der Waals surface area contributed by atoms with Crippen LogP contribution in [0.15, 0.2) is 9.59 Å². The second-order valence-corrected chi connectivity index (χ2v) is 4.56. The van der Waals surface area contributed by atoms with Gasteiger partial charge in [-0.25, -0.2) is 9.48 Å². The predicted molar refractivity (Wildman–Crippen MR) is 69.0 cm³/mol. The highest BCUT2D eigenvalue weighted by molar-refractivity contribution is 5.80. The molecule has 1 N–H and O–H groups in total. The summed E-state index contributed by atoms with van der Waals surface area (Å²) in [5.41, 5.74) is -1.03. The highest BCUT2D eigenvalue weighted by atomic mass is 16.2. The van der Waals surface area contributed by atoms with Crippen LogP contribution in [0, 0.1) is 0 Å².